The first-order chi connectivity index (χ1) is 59.7. The van der Waals surface area contributed by atoms with Crippen LogP contribution >= 0.6 is 8.34 Å². The van der Waals surface area contributed by atoms with Crippen molar-refractivity contribution in [2.45, 2.75) is 133 Å². The number of carbonyl (C=O) groups is 10. The molecule has 2 saturated heterocycles. The van der Waals surface area contributed by atoms with Gasteiger partial charge in [-0.3, -0.25) is 43.1 Å². The van der Waals surface area contributed by atoms with Gasteiger partial charge in [0.1, 0.15) is 60.0 Å². The predicted molar refractivity (Wildman–Crippen MR) is 473 cm³/mol. The summed E-state index contributed by atoms with van der Waals surface area (Å²) in [4.78, 5) is 136. The van der Waals surface area contributed by atoms with E-state index >= 15 is 0 Å². The van der Waals surface area contributed by atoms with E-state index in [0.29, 0.717) is 38.6 Å². The summed E-state index contributed by atoms with van der Waals surface area (Å²) in [7, 11) is 2.62. The lowest BCUT2D eigenvalue weighted by Crippen LogP contribution is -2.56. The number of rotatable bonds is 35. The summed E-state index contributed by atoms with van der Waals surface area (Å²) in [6.45, 7) is 8.10. The molecule has 2 aliphatic rings. The van der Waals surface area contributed by atoms with Crippen molar-refractivity contribution in [2.24, 2.45) is 11.8 Å². The number of ketones is 2. The molecule has 10 aromatic rings. The van der Waals surface area contributed by atoms with E-state index in [-0.39, 0.29) is 96.2 Å². The molecule has 123 heavy (non-hydrogen) atoms. The lowest BCUT2D eigenvalue weighted by atomic mass is 9.77. The van der Waals surface area contributed by atoms with Crippen molar-refractivity contribution in [2.75, 3.05) is 40.4 Å². The number of likely N-dealkylation sites (tertiary alicyclic amines) is 2. The third-order valence-electron chi connectivity index (χ3n) is 21.4. The van der Waals surface area contributed by atoms with Gasteiger partial charge in [0, 0.05) is 51.9 Å². The molecule has 2 fully saturated rings. The molecule has 1 radical (unpaired) electrons. The van der Waals surface area contributed by atoms with Crippen LogP contribution in [0.1, 0.15) is 121 Å². The highest BCUT2D eigenvalue weighted by Gasteiger charge is 2.47. The number of hydrogen-bond acceptors (Lipinski definition) is 16. The maximum Gasteiger partial charge on any atom is 0.410 e. The van der Waals surface area contributed by atoms with Crippen molar-refractivity contribution in [3.05, 3.63) is 359 Å². The SMILES string of the molecule is COC(=O)[C@@H](CC(=O)NC(c1ccccc1)(c1ccccc1)c1ccccc1)N(CCC(=O)CCc1ccccc1)C(=O)[C@@H]1C[C@@H](C)CN1C(=O)OCc1ccccc1.COC(=O)[C@@H](CC(=O)NC(c1ccccc1)(c1ccccc1)c1ccccc1)NCCC(=O)CCc1ccccc1.C[B]P=O.C[C@@H]1C[C@@H](C(=O)O)N(C(=O)OCc2ccccc2)C1. The van der Waals surface area contributed by atoms with Crippen molar-refractivity contribution in [1.82, 2.24) is 30.7 Å². The molecule has 0 aliphatic carbocycles. The zero-order valence-electron chi connectivity index (χ0n) is 70.1. The van der Waals surface area contributed by atoms with Gasteiger partial charge in [-0.25, -0.2) is 19.2 Å². The van der Waals surface area contributed by atoms with Gasteiger partial charge in [0.05, 0.1) is 35.4 Å². The molecule has 0 saturated carbocycles. The first kappa shape index (κ1) is 93.9. The van der Waals surface area contributed by atoms with Crippen molar-refractivity contribution in [3.63, 3.8) is 0 Å². The highest BCUT2D eigenvalue weighted by molar-refractivity contribution is 7.60. The van der Waals surface area contributed by atoms with Crippen LogP contribution in [0, 0.1) is 11.8 Å². The molecule has 6 atom stereocenters. The van der Waals surface area contributed by atoms with Crippen LogP contribution in [0.5, 0.6) is 0 Å². The second-order valence-corrected chi connectivity index (χ2v) is 30.9. The molecule has 0 bridgehead atoms. The van der Waals surface area contributed by atoms with Crippen molar-refractivity contribution < 1.29 is 76.6 Å². The van der Waals surface area contributed by atoms with E-state index in [1.54, 1.807) is 13.8 Å². The third-order valence-corrected chi connectivity index (χ3v) is 21.6. The monoisotopic (exact) mass is 1680 g/mol. The molecule has 10 aromatic carbocycles. The van der Waals surface area contributed by atoms with Gasteiger partial charge in [-0.1, -0.05) is 324 Å². The Labute approximate surface area is 722 Å². The summed E-state index contributed by atoms with van der Waals surface area (Å²) in [5, 5.41) is 18.7. The van der Waals surface area contributed by atoms with Crippen LogP contribution in [0.2, 0.25) is 6.82 Å². The van der Waals surface area contributed by atoms with Crippen molar-refractivity contribution >= 4 is 74.7 Å². The number of nitrogens with zero attached hydrogens (tertiary/aromatic N) is 3. The maximum atomic E-state index is 14.9. The minimum absolute atomic E-state index is 0.0159. The average Bonchev–Trinajstić information content (AvgIpc) is 1.64. The summed E-state index contributed by atoms with van der Waals surface area (Å²) in [6, 6.07) is 92.0. The van der Waals surface area contributed by atoms with Gasteiger partial charge in [-0.05, 0) is 93.2 Å². The summed E-state index contributed by atoms with van der Waals surface area (Å²) < 4.78 is 30.3. The van der Waals surface area contributed by atoms with E-state index in [4.69, 9.17) is 24.1 Å². The predicted octanol–water partition coefficient (Wildman–Crippen LogP) is 15.8. The Kier molecular flexibility index (Phi) is 37.5. The van der Waals surface area contributed by atoms with Crippen LogP contribution in [-0.2, 0) is 99.0 Å². The largest absolute Gasteiger partial charge is 0.480 e. The van der Waals surface area contributed by atoms with Crippen LogP contribution in [0.25, 0.3) is 0 Å². The summed E-state index contributed by atoms with van der Waals surface area (Å²) >= 11 is 0. The highest BCUT2D eigenvalue weighted by atomic mass is 31.1. The number of Topliss-reactive ketones (excluding diaryl/α,β-unsaturated/α-hetero) is 2. The smallest absolute Gasteiger partial charge is 0.410 e. The minimum Gasteiger partial charge on any atom is -0.480 e. The Morgan fingerprint density at radius 2 is 0.748 bits per heavy atom. The lowest BCUT2D eigenvalue weighted by Gasteiger charge is -2.38. The number of carboxylic acid groups (broad SMARTS) is 1. The van der Waals surface area contributed by atoms with Gasteiger partial charge in [0.25, 0.3) is 0 Å². The number of ether oxygens (including phenoxy) is 4. The fraction of sp³-hybridized carbons (Fsp3) is 0.293. The van der Waals surface area contributed by atoms with Gasteiger partial charge < -0.3 is 44.9 Å². The zero-order valence-corrected chi connectivity index (χ0v) is 71.0. The average molecular weight is 1680 g/mol. The van der Waals surface area contributed by atoms with Gasteiger partial charge in [-0.2, -0.15) is 0 Å². The number of aryl methyl sites for hydroxylation is 2. The van der Waals surface area contributed by atoms with E-state index in [1.807, 2.05) is 317 Å². The third kappa shape index (κ3) is 27.5. The van der Waals surface area contributed by atoms with Crippen LogP contribution in [0.3, 0.4) is 0 Å². The number of carboxylic acids is 1. The number of carbonyl (C=O) groups excluding carboxylic acids is 9. The second kappa shape index (κ2) is 49.1. The Bertz CT molecular complexity index is 4790. The highest BCUT2D eigenvalue weighted by Crippen LogP contribution is 2.39. The van der Waals surface area contributed by atoms with Gasteiger partial charge in [0.15, 0.2) is 0 Å². The summed E-state index contributed by atoms with van der Waals surface area (Å²) in [5.41, 5.74) is 6.60. The topological polar surface area (TPSA) is 291 Å². The second-order valence-electron chi connectivity index (χ2n) is 30.2. The number of aliphatic carboxylic acids is 1. The van der Waals surface area contributed by atoms with E-state index in [0.717, 1.165) is 55.6 Å². The first-order valence-electron chi connectivity index (χ1n) is 41.2. The molecule has 4 N–H and O–H groups in total. The number of nitrogens with one attached hydrogen (secondary N) is 3. The van der Waals surface area contributed by atoms with E-state index < -0.39 is 83.6 Å². The fourth-order valence-corrected chi connectivity index (χ4v) is 15.2. The molecule has 0 aromatic heterocycles. The molecular formula is C99H107BN6O16P. The molecule has 0 unspecified atom stereocenters. The van der Waals surface area contributed by atoms with Gasteiger partial charge in [0.2, 0.25) is 24.7 Å². The zero-order chi connectivity index (χ0) is 87.8. The normalized spacial score (nSPS) is 15.0. The van der Waals surface area contributed by atoms with Crippen molar-refractivity contribution in [1.29, 1.82) is 0 Å². The molecule has 2 aliphatic heterocycles. The van der Waals surface area contributed by atoms with Crippen LogP contribution in [0.4, 0.5) is 9.59 Å². The molecule has 637 valence electrons. The summed E-state index contributed by atoms with van der Waals surface area (Å²) in [5.74, 6) is -3.69. The first-order valence-corrected chi connectivity index (χ1v) is 42.1. The number of hydrogen-bond donors (Lipinski definition) is 4. The minimum atomic E-state index is -1.42. The van der Waals surface area contributed by atoms with Crippen LogP contribution in [-0.4, -0.2) is 151 Å². The molecule has 5 amide bonds. The Hall–Kier alpha value is -13.0. The van der Waals surface area contributed by atoms with E-state index in [1.165, 1.54) is 28.9 Å². The molecule has 22 nitrogen and oxygen atoms in total. The fourth-order valence-electron chi connectivity index (χ4n) is 15.2. The van der Waals surface area contributed by atoms with Crippen LogP contribution in [0.15, 0.2) is 303 Å². The van der Waals surface area contributed by atoms with Crippen LogP contribution < -0.4 is 16.0 Å². The molecule has 2 heterocycles. The quantitative estimate of drug-likeness (QED) is 0.00943. The van der Waals surface area contributed by atoms with Gasteiger partial charge in [-0.15, -0.1) is 0 Å². The maximum absolute atomic E-state index is 14.9. The standard InChI is InChI=1S/C49H51N3O7.C35H36N2O4.C14H17NO4.CH3BOP/c1-36-32-43(52(34-36)48(57)59-35-38-20-10-4-11-21-38)46(55)51(31-30-42(53)29-28-37-18-8-3-9-19-37)44(47(56)58-2)33-45(54)50-49(39-22-12-5-13-23-39,40-24-14-6-15-25-40)41-26-16-7-17-27-41;1-41-34(40)32(36-25-24-31(38)23-22-27-14-6-2-7-15-27)26-33(39)37-35(28-16-8-3-9-17-28,29-18-10-4-11-19-29)30-20-12-5-13-21-30;1-10-7-12(13(16)17)15(8-10)14(18)19-9-11-5-3-2-4-6-11;1-2-4-3/h3-27,36,43-44H,28-35H2,1-2H3,(H,50,54);2-21,32,36H,22-26H2,1H3,(H,37,39);2-6,10,12H,7-9H2,1H3,(H,16,17);1H3/t36-,43+,44-;32-;10-,12+;/m111./s1. The van der Waals surface area contributed by atoms with E-state index in [2.05, 4.69) is 16.0 Å². The lowest BCUT2D eigenvalue weighted by molar-refractivity contribution is -0.156. The molecular weight excluding hydrogens is 1570 g/mol. The van der Waals surface area contributed by atoms with Crippen molar-refractivity contribution in [3.8, 4) is 0 Å². The molecule has 12 rings (SSSR count). The number of amides is 5. The number of benzene rings is 10. The molecule has 0 spiro atoms. The Morgan fingerprint density at radius 3 is 1.08 bits per heavy atom. The van der Waals surface area contributed by atoms with Gasteiger partial charge >= 0.3 is 30.1 Å². The Balaban J connectivity index is 0.000000230. The molecule has 24 heteroatoms. The van der Waals surface area contributed by atoms with E-state index in [9.17, 15) is 52.5 Å². The summed E-state index contributed by atoms with van der Waals surface area (Å²) in [6.07, 6.45) is 0.936. The number of methoxy groups -OCH3 is 2. The Morgan fingerprint density at radius 1 is 0.439 bits per heavy atom. The number of esters is 2.